The monoisotopic (exact) mass is 560 g/mol. The Hall–Kier alpha value is -1.35. The van der Waals surface area contributed by atoms with Crippen LogP contribution in [0.25, 0.3) is 11.4 Å². The van der Waals surface area contributed by atoms with Crippen molar-refractivity contribution in [1.29, 1.82) is 0 Å². The molecule has 0 spiro atoms. The van der Waals surface area contributed by atoms with E-state index >= 15 is 0 Å². The predicted octanol–water partition coefficient (Wildman–Crippen LogP) is 0.305. The lowest BCUT2D eigenvalue weighted by Crippen LogP contribution is -2.33. The van der Waals surface area contributed by atoms with Gasteiger partial charge in [0.2, 0.25) is 0 Å². The molecule has 1 fully saturated rings. The van der Waals surface area contributed by atoms with Crippen molar-refractivity contribution in [2.45, 2.75) is 45.2 Å². The Kier molecular flexibility index (Phi) is 7.94. The van der Waals surface area contributed by atoms with Crippen LogP contribution in [0.3, 0.4) is 0 Å². The van der Waals surface area contributed by atoms with Crippen LogP contribution in [0.15, 0.2) is 10.9 Å². The maximum Gasteiger partial charge on any atom is 0.490 e. The fraction of sp³-hybridized carbons (Fsp3) is 0.500. The lowest BCUT2D eigenvalue weighted by atomic mass is 9.96. The van der Waals surface area contributed by atoms with Gasteiger partial charge >= 0.3 is 23.5 Å². The number of phosphoric acid groups is 3. The number of nitrogens with one attached hydrogen (secondary N) is 1. The van der Waals surface area contributed by atoms with E-state index in [1.807, 2.05) is 13.8 Å². The van der Waals surface area contributed by atoms with E-state index < -0.39 is 60.1 Å². The van der Waals surface area contributed by atoms with Gasteiger partial charge < -0.3 is 39.5 Å². The van der Waals surface area contributed by atoms with E-state index in [1.165, 1.54) is 6.07 Å². The van der Waals surface area contributed by atoms with Crippen molar-refractivity contribution < 1.29 is 61.4 Å². The van der Waals surface area contributed by atoms with E-state index in [1.54, 1.807) is 6.92 Å². The highest BCUT2D eigenvalue weighted by Crippen LogP contribution is 2.66. The summed E-state index contributed by atoms with van der Waals surface area (Å²) in [4.78, 5) is 55.4. The van der Waals surface area contributed by atoms with Gasteiger partial charge in [-0.2, -0.15) is 13.6 Å². The second kappa shape index (κ2) is 9.84. The molecule has 7 N–H and O–H groups in total. The van der Waals surface area contributed by atoms with Gasteiger partial charge in [-0.3, -0.25) is 9.32 Å². The highest BCUT2D eigenvalue weighted by Gasteiger charge is 2.47. The van der Waals surface area contributed by atoms with Gasteiger partial charge in [0.1, 0.15) is 30.2 Å². The van der Waals surface area contributed by atoms with Gasteiger partial charge in [-0.1, -0.05) is 0 Å². The first-order chi connectivity index (χ1) is 15.9. The number of nitrogens with zero attached hydrogens (tertiary/aromatic N) is 1. The Morgan fingerprint density at radius 3 is 2.23 bits per heavy atom. The predicted molar refractivity (Wildman–Crippen MR) is 115 cm³/mol. The highest BCUT2D eigenvalue weighted by atomic mass is 31.3. The molecule has 6 atom stereocenters. The quantitative estimate of drug-likeness (QED) is 0.214. The van der Waals surface area contributed by atoms with E-state index in [4.69, 9.17) is 14.5 Å². The zero-order valence-electron chi connectivity index (χ0n) is 18.3. The van der Waals surface area contributed by atoms with Crippen molar-refractivity contribution in [2.24, 2.45) is 0 Å². The second-order valence-corrected chi connectivity index (χ2v) is 12.2. The molecule has 0 bridgehead atoms. The Bertz CT molecular complexity index is 1290. The second-order valence-electron chi connectivity index (χ2n) is 7.74. The van der Waals surface area contributed by atoms with Crippen molar-refractivity contribution in [3.8, 4) is 11.4 Å². The molecule has 0 saturated carbocycles. The molecule has 3 unspecified atom stereocenters. The molecular weight excluding hydrogens is 537 g/mol. The molecule has 3 rings (SSSR count). The molecule has 16 nitrogen and oxygen atoms in total. The van der Waals surface area contributed by atoms with Gasteiger partial charge in [0.25, 0.3) is 5.56 Å². The summed E-state index contributed by atoms with van der Waals surface area (Å²) in [6, 6.07) is 1.44. The fourth-order valence-electron chi connectivity index (χ4n) is 3.47. The first-order valence-electron chi connectivity index (χ1n) is 9.71. The number of hydrogen-bond acceptors (Lipinski definition) is 11. The molecule has 0 aliphatic carbocycles. The Balaban J connectivity index is 1.79. The lowest BCUT2D eigenvalue weighted by molar-refractivity contribution is -0.0226. The number of phosphoric ester groups is 1. The van der Waals surface area contributed by atoms with E-state index in [-0.39, 0.29) is 5.56 Å². The van der Waals surface area contributed by atoms with E-state index in [2.05, 4.69) is 23.1 Å². The molecule has 196 valence electrons. The van der Waals surface area contributed by atoms with E-state index in [0.717, 1.165) is 16.8 Å². The summed E-state index contributed by atoms with van der Waals surface area (Å²) in [5, 5.41) is 20.7. The third-order valence-corrected chi connectivity index (χ3v) is 9.14. The summed E-state index contributed by atoms with van der Waals surface area (Å²) in [5.74, 6) is 0.302. The topological polar surface area (TPSA) is 255 Å². The van der Waals surface area contributed by atoms with Gasteiger partial charge in [0, 0.05) is 11.3 Å². The molecule has 19 heteroatoms. The highest BCUT2D eigenvalue weighted by molar-refractivity contribution is 7.66. The number of aryl methyl sites for hydroxylation is 1. The van der Waals surface area contributed by atoms with Crippen LogP contribution in [-0.2, 0) is 31.6 Å². The standard InChI is InChI=1S/C16H23N2O14P3/c1-6-7(2)9-4-10(16(21)18-15(9)17-8(6)3)14-13(20)12(19)11(30-14)5-29-34(25,26)32-35(27,28)31-33(22,23)24/h4,11-14,19-20H,5H2,1-3H3,(H,25,26)(H,27,28)(H,17,18,21)(H2,22,23,24)/t11-,12+,13?,14+/m1/s1. The molecule has 3 aliphatic heterocycles. The molecule has 0 aromatic rings. The lowest BCUT2D eigenvalue weighted by Gasteiger charge is -2.19. The fourth-order valence-corrected chi connectivity index (χ4v) is 6.50. The molecule has 35 heavy (non-hydrogen) atoms. The van der Waals surface area contributed by atoms with Crippen molar-refractivity contribution in [1.82, 2.24) is 9.97 Å². The molecule has 3 aliphatic rings. The number of fused-ring (bicyclic) bond motifs is 1. The van der Waals surface area contributed by atoms with Crippen molar-refractivity contribution in [3.05, 3.63) is 38.8 Å². The summed E-state index contributed by atoms with van der Waals surface area (Å²) in [6.45, 7) is 4.47. The van der Waals surface area contributed by atoms with Gasteiger partial charge in [-0.25, -0.2) is 13.7 Å². The number of rotatable bonds is 8. The average molecular weight is 560 g/mol. The van der Waals surface area contributed by atoms with Crippen molar-refractivity contribution in [3.63, 3.8) is 0 Å². The molecular formula is C16H23N2O14P3. The number of aliphatic hydroxyl groups is 2. The van der Waals surface area contributed by atoms with E-state index in [0.29, 0.717) is 11.4 Å². The number of aromatic amines is 1. The van der Waals surface area contributed by atoms with Crippen LogP contribution >= 0.6 is 23.5 Å². The zero-order chi connectivity index (χ0) is 26.5. The van der Waals surface area contributed by atoms with Crippen LogP contribution in [0, 0.1) is 20.8 Å². The maximum absolute atomic E-state index is 12.6. The maximum atomic E-state index is 12.6. The van der Waals surface area contributed by atoms with Gasteiger partial charge in [-0.05, 0) is 38.0 Å². The smallest absolute Gasteiger partial charge is 0.387 e. The minimum atomic E-state index is -5.73. The minimum absolute atomic E-state index is 0.107. The van der Waals surface area contributed by atoms with Crippen LogP contribution in [0.1, 0.15) is 28.5 Å². The van der Waals surface area contributed by atoms with Crippen LogP contribution in [-0.4, -0.2) is 64.7 Å². The summed E-state index contributed by atoms with van der Waals surface area (Å²) in [6.07, 6.45) is -6.37. The summed E-state index contributed by atoms with van der Waals surface area (Å²) >= 11 is 0. The van der Waals surface area contributed by atoms with Crippen molar-refractivity contribution in [2.75, 3.05) is 6.61 Å². The van der Waals surface area contributed by atoms with Crippen LogP contribution in [0.2, 0.25) is 0 Å². The Morgan fingerprint density at radius 1 is 1.00 bits per heavy atom. The van der Waals surface area contributed by atoms with Crippen LogP contribution < -0.4 is 5.56 Å². The van der Waals surface area contributed by atoms with Gasteiger partial charge in [-0.15, -0.1) is 0 Å². The van der Waals surface area contributed by atoms with Gasteiger partial charge in [0.15, 0.2) is 0 Å². The molecule has 3 heterocycles. The third-order valence-electron chi connectivity index (χ3n) is 5.34. The zero-order valence-corrected chi connectivity index (χ0v) is 21.0. The molecule has 1 saturated heterocycles. The van der Waals surface area contributed by atoms with Crippen LogP contribution in [0.4, 0.5) is 0 Å². The number of pyridine rings is 2. The van der Waals surface area contributed by atoms with Crippen molar-refractivity contribution >= 4 is 23.5 Å². The molecule has 0 aromatic heterocycles. The molecule has 0 aromatic carbocycles. The minimum Gasteiger partial charge on any atom is -0.387 e. The number of hydrogen-bond donors (Lipinski definition) is 7. The SMILES string of the molecule is Cc1[nH]c2nc(=O)c([C@@H]3O[C@H](COP(=O)(O)OP(=O)(O)OP(=O)(O)O)[C@H](O)C3O)cc-2c(C)c1C. The Morgan fingerprint density at radius 2 is 1.63 bits per heavy atom. The third kappa shape index (κ3) is 6.51. The summed E-state index contributed by atoms with van der Waals surface area (Å²) in [5.41, 5.74) is 2.21. The number of ether oxygens (including phenoxy) is 1. The number of H-pyrrole nitrogens is 1. The molecule has 0 radical (unpaired) electrons. The van der Waals surface area contributed by atoms with Gasteiger partial charge in [0.05, 0.1) is 12.2 Å². The Labute approximate surface area is 197 Å². The summed E-state index contributed by atoms with van der Waals surface area (Å²) < 4.78 is 51.0. The van der Waals surface area contributed by atoms with E-state index in [9.17, 15) is 38.5 Å². The average Bonchev–Trinajstić information content (AvgIpc) is 2.96. The summed E-state index contributed by atoms with van der Waals surface area (Å²) in [7, 11) is -16.8. The number of aliphatic hydroxyl groups excluding tert-OH is 2. The largest absolute Gasteiger partial charge is 0.490 e. The first-order valence-corrected chi connectivity index (χ1v) is 14.2. The number of aromatic nitrogens is 2. The van der Waals surface area contributed by atoms with Crippen LogP contribution in [0.5, 0.6) is 0 Å². The normalized spacial score (nSPS) is 26.5. The first kappa shape index (κ1) is 28.2. The molecule has 0 amide bonds.